The van der Waals surface area contributed by atoms with Crippen molar-refractivity contribution in [1.82, 2.24) is 9.80 Å². The van der Waals surface area contributed by atoms with Crippen LogP contribution in [0.5, 0.6) is 11.5 Å². The Balaban J connectivity index is 1.40. The summed E-state index contributed by atoms with van der Waals surface area (Å²) in [6.45, 7) is 11.6. The van der Waals surface area contributed by atoms with Crippen LogP contribution in [0, 0.1) is 0 Å². The molecule has 2 heterocycles. The summed E-state index contributed by atoms with van der Waals surface area (Å²) < 4.78 is 11.7. The number of methoxy groups -OCH3 is 1. The summed E-state index contributed by atoms with van der Waals surface area (Å²) in [6.07, 6.45) is 3.61. The summed E-state index contributed by atoms with van der Waals surface area (Å²) in [7, 11) is 1.62. The smallest absolute Gasteiger partial charge is 0.322 e. The lowest BCUT2D eigenvalue weighted by atomic mass is 9.80. The third kappa shape index (κ3) is 5.65. The number of fused-ring (bicyclic) bond motifs is 1. The van der Waals surface area contributed by atoms with Crippen molar-refractivity contribution >= 4 is 34.9 Å². The van der Waals surface area contributed by atoms with Crippen LogP contribution in [0.2, 0.25) is 10.0 Å². The van der Waals surface area contributed by atoms with Gasteiger partial charge in [0.25, 0.3) is 0 Å². The highest BCUT2D eigenvalue weighted by Crippen LogP contribution is 2.38. The Labute approximate surface area is 218 Å². The number of anilines is 1. The second kappa shape index (κ2) is 10.1. The standard InChI is InChI=1S/C27H35Cl2N3O3/c1-26(2)9-6-10-27(3,4)32(26)11-12-35-24-15-20(7-8-23(24)34-5)30-25(33)31-16-18-13-21(28)22(29)14-19(18)17-31/h7-8,13-15H,6,9-12,16-17H2,1-5H3,(H,30,33). The fraction of sp³-hybridized carbons (Fsp3) is 0.519. The average Bonchev–Trinajstić information content (AvgIpc) is 3.18. The van der Waals surface area contributed by atoms with Crippen LogP contribution in [0.4, 0.5) is 10.5 Å². The number of hydrogen-bond donors (Lipinski definition) is 1. The topological polar surface area (TPSA) is 54.0 Å². The van der Waals surface area contributed by atoms with Gasteiger partial charge in [0, 0.05) is 42.5 Å². The zero-order chi connectivity index (χ0) is 25.4. The molecule has 2 aromatic rings. The number of likely N-dealkylation sites (tertiary alicyclic amines) is 1. The largest absolute Gasteiger partial charge is 0.493 e. The van der Waals surface area contributed by atoms with Crippen molar-refractivity contribution in [2.24, 2.45) is 0 Å². The number of nitrogens with one attached hydrogen (secondary N) is 1. The van der Waals surface area contributed by atoms with Crippen LogP contribution < -0.4 is 14.8 Å². The summed E-state index contributed by atoms with van der Waals surface area (Å²) in [4.78, 5) is 17.2. The number of ether oxygens (including phenoxy) is 2. The average molecular weight is 521 g/mol. The number of nitrogens with zero attached hydrogens (tertiary/aromatic N) is 2. The molecule has 1 fully saturated rings. The molecule has 2 aromatic carbocycles. The van der Waals surface area contributed by atoms with E-state index in [0.29, 0.717) is 46.9 Å². The maximum absolute atomic E-state index is 13.0. The Kier molecular flexibility index (Phi) is 7.46. The third-order valence-electron chi connectivity index (χ3n) is 7.28. The summed E-state index contributed by atoms with van der Waals surface area (Å²) in [5.74, 6) is 1.25. The molecule has 190 valence electrons. The molecule has 2 aliphatic heterocycles. The second-order valence-electron chi connectivity index (χ2n) is 10.7. The van der Waals surface area contributed by atoms with Crippen molar-refractivity contribution in [3.05, 3.63) is 51.5 Å². The fourth-order valence-corrected chi connectivity index (χ4v) is 5.87. The lowest BCUT2D eigenvalue weighted by molar-refractivity contribution is -0.0341. The predicted octanol–water partition coefficient (Wildman–Crippen LogP) is 6.97. The highest BCUT2D eigenvalue weighted by atomic mass is 35.5. The molecule has 2 amide bonds. The van der Waals surface area contributed by atoms with E-state index in [0.717, 1.165) is 17.7 Å². The van der Waals surface area contributed by atoms with Gasteiger partial charge < -0.3 is 19.7 Å². The monoisotopic (exact) mass is 519 g/mol. The molecular formula is C27H35Cl2N3O3. The van der Waals surface area contributed by atoms with E-state index in [1.807, 2.05) is 30.3 Å². The molecule has 0 aromatic heterocycles. The number of carbonyl (C=O) groups excluding carboxylic acids is 1. The minimum absolute atomic E-state index is 0.132. The van der Waals surface area contributed by atoms with Gasteiger partial charge in [-0.25, -0.2) is 4.79 Å². The molecule has 0 saturated carbocycles. The number of hydrogen-bond acceptors (Lipinski definition) is 4. The molecule has 8 heteroatoms. The van der Waals surface area contributed by atoms with Gasteiger partial charge in [-0.3, -0.25) is 4.90 Å². The molecular weight excluding hydrogens is 485 g/mol. The summed E-state index contributed by atoms with van der Waals surface area (Å²) >= 11 is 12.3. The van der Waals surface area contributed by atoms with Gasteiger partial charge in [-0.05, 0) is 82.3 Å². The van der Waals surface area contributed by atoms with E-state index >= 15 is 0 Å². The van der Waals surface area contributed by atoms with Gasteiger partial charge in [-0.1, -0.05) is 23.2 Å². The van der Waals surface area contributed by atoms with Gasteiger partial charge in [-0.2, -0.15) is 0 Å². The van der Waals surface area contributed by atoms with Gasteiger partial charge in [0.05, 0.1) is 17.2 Å². The first-order chi connectivity index (χ1) is 16.5. The second-order valence-corrected chi connectivity index (χ2v) is 11.5. The lowest BCUT2D eigenvalue weighted by Crippen LogP contribution is -2.59. The van der Waals surface area contributed by atoms with E-state index in [2.05, 4.69) is 37.9 Å². The van der Waals surface area contributed by atoms with Gasteiger partial charge >= 0.3 is 6.03 Å². The first-order valence-corrected chi connectivity index (χ1v) is 12.9. The van der Waals surface area contributed by atoms with Crippen LogP contribution >= 0.6 is 23.2 Å². The number of carbonyl (C=O) groups is 1. The van der Waals surface area contributed by atoms with Crippen LogP contribution in [0.3, 0.4) is 0 Å². The van der Waals surface area contributed by atoms with Crippen LogP contribution in [0.25, 0.3) is 0 Å². The van der Waals surface area contributed by atoms with Gasteiger partial charge in [0.2, 0.25) is 0 Å². The normalized spacial score (nSPS) is 18.8. The lowest BCUT2D eigenvalue weighted by Gasteiger charge is -2.53. The molecule has 6 nitrogen and oxygen atoms in total. The van der Waals surface area contributed by atoms with Crippen LogP contribution in [0.15, 0.2) is 30.3 Å². The third-order valence-corrected chi connectivity index (χ3v) is 8.00. The van der Waals surface area contributed by atoms with E-state index in [-0.39, 0.29) is 17.1 Å². The Morgan fingerprint density at radius 3 is 2.14 bits per heavy atom. The molecule has 0 spiro atoms. The number of benzene rings is 2. The van der Waals surface area contributed by atoms with Crippen LogP contribution in [-0.2, 0) is 13.1 Å². The molecule has 2 aliphatic rings. The minimum Gasteiger partial charge on any atom is -0.493 e. The molecule has 1 saturated heterocycles. The van der Waals surface area contributed by atoms with E-state index in [1.54, 1.807) is 12.0 Å². The number of amides is 2. The van der Waals surface area contributed by atoms with Crippen molar-refractivity contribution in [3.63, 3.8) is 0 Å². The SMILES string of the molecule is COc1ccc(NC(=O)N2Cc3cc(Cl)c(Cl)cc3C2)cc1OCCN1C(C)(C)CCCC1(C)C. The molecule has 4 rings (SSSR count). The molecule has 0 bridgehead atoms. The van der Waals surface area contributed by atoms with Crippen molar-refractivity contribution < 1.29 is 14.3 Å². The Bertz CT molecular complexity index is 1060. The van der Waals surface area contributed by atoms with Gasteiger partial charge in [0.1, 0.15) is 6.61 Å². The van der Waals surface area contributed by atoms with Gasteiger partial charge in [-0.15, -0.1) is 0 Å². The minimum atomic E-state index is -0.193. The first kappa shape index (κ1) is 25.9. The molecule has 0 unspecified atom stereocenters. The highest BCUT2D eigenvalue weighted by Gasteiger charge is 2.40. The Morgan fingerprint density at radius 2 is 1.57 bits per heavy atom. The number of rotatable bonds is 6. The van der Waals surface area contributed by atoms with E-state index < -0.39 is 0 Å². The van der Waals surface area contributed by atoms with Crippen molar-refractivity contribution in [3.8, 4) is 11.5 Å². The molecule has 35 heavy (non-hydrogen) atoms. The van der Waals surface area contributed by atoms with E-state index in [1.165, 1.54) is 19.3 Å². The summed E-state index contributed by atoms with van der Waals surface area (Å²) in [5.41, 5.74) is 2.93. The van der Waals surface area contributed by atoms with Crippen molar-refractivity contribution in [1.29, 1.82) is 0 Å². The number of piperidine rings is 1. The van der Waals surface area contributed by atoms with Crippen LogP contribution in [-0.4, -0.2) is 47.2 Å². The zero-order valence-electron chi connectivity index (χ0n) is 21.2. The van der Waals surface area contributed by atoms with Gasteiger partial charge in [0.15, 0.2) is 11.5 Å². The van der Waals surface area contributed by atoms with Crippen molar-refractivity contribution in [2.45, 2.75) is 71.1 Å². The quantitative estimate of drug-likeness (QED) is 0.447. The number of halogens is 2. The highest BCUT2D eigenvalue weighted by molar-refractivity contribution is 6.42. The Morgan fingerprint density at radius 1 is 0.971 bits per heavy atom. The summed E-state index contributed by atoms with van der Waals surface area (Å²) in [6, 6.07) is 8.92. The predicted molar refractivity (Wildman–Crippen MR) is 142 cm³/mol. The van der Waals surface area contributed by atoms with E-state index in [4.69, 9.17) is 32.7 Å². The molecule has 0 radical (unpaired) electrons. The number of urea groups is 1. The molecule has 1 N–H and O–H groups in total. The first-order valence-electron chi connectivity index (χ1n) is 12.1. The van der Waals surface area contributed by atoms with Crippen LogP contribution in [0.1, 0.15) is 58.1 Å². The fourth-order valence-electron chi connectivity index (χ4n) is 5.50. The molecule has 0 atom stereocenters. The maximum atomic E-state index is 13.0. The Hall–Kier alpha value is -2.15. The zero-order valence-corrected chi connectivity index (χ0v) is 22.7. The summed E-state index contributed by atoms with van der Waals surface area (Å²) in [5, 5.41) is 3.98. The van der Waals surface area contributed by atoms with Crippen molar-refractivity contribution in [2.75, 3.05) is 25.6 Å². The van der Waals surface area contributed by atoms with E-state index in [9.17, 15) is 4.79 Å². The maximum Gasteiger partial charge on any atom is 0.322 e. The molecule has 0 aliphatic carbocycles.